The first-order valence-electron chi connectivity index (χ1n) is 8.71. The van der Waals surface area contributed by atoms with E-state index in [-0.39, 0.29) is 11.6 Å². The minimum Gasteiger partial charge on any atom is -0.352 e. The quantitative estimate of drug-likeness (QED) is 0.717. The van der Waals surface area contributed by atoms with Crippen LogP contribution in [0.1, 0.15) is 35.2 Å². The molecule has 2 aromatic rings. The van der Waals surface area contributed by atoms with Gasteiger partial charge < -0.3 is 11.1 Å². The molecule has 0 aromatic heterocycles. The number of nitrogens with zero attached hydrogens (tertiary/aromatic N) is 2. The molecule has 5 heteroatoms. The molecule has 0 unspecified atom stereocenters. The van der Waals surface area contributed by atoms with Gasteiger partial charge in [0, 0.05) is 37.9 Å². The van der Waals surface area contributed by atoms with Crippen molar-refractivity contribution in [2.45, 2.75) is 31.5 Å². The lowest BCUT2D eigenvalue weighted by atomic mass is 9.98. The zero-order valence-electron chi connectivity index (χ0n) is 14.6. The van der Waals surface area contributed by atoms with E-state index in [1.807, 2.05) is 48.5 Å². The summed E-state index contributed by atoms with van der Waals surface area (Å²) in [5, 5.41) is 11.2. The molecule has 0 atom stereocenters. The predicted octanol–water partition coefficient (Wildman–Crippen LogP) is 3.51. The molecular weight excluding hydrogens is 324 g/mol. The molecule has 0 spiro atoms. The summed E-state index contributed by atoms with van der Waals surface area (Å²) in [6.45, 7) is 1.01. The van der Waals surface area contributed by atoms with Crippen molar-refractivity contribution >= 4 is 5.91 Å². The lowest BCUT2D eigenvalue weighted by Gasteiger charge is -2.12. The van der Waals surface area contributed by atoms with Crippen molar-refractivity contribution in [2.24, 2.45) is 16.0 Å². The Labute approximate surface area is 153 Å². The maximum absolute atomic E-state index is 12.7. The van der Waals surface area contributed by atoms with Crippen LogP contribution in [0.25, 0.3) is 11.1 Å². The number of amides is 1. The van der Waals surface area contributed by atoms with Crippen molar-refractivity contribution in [3.8, 4) is 23.5 Å². The fourth-order valence-electron chi connectivity index (χ4n) is 2.89. The van der Waals surface area contributed by atoms with Gasteiger partial charge >= 0.3 is 0 Å². The lowest BCUT2D eigenvalue weighted by molar-refractivity contribution is 0.0952. The van der Waals surface area contributed by atoms with Crippen LogP contribution >= 0.6 is 0 Å². The summed E-state index contributed by atoms with van der Waals surface area (Å²) in [6.07, 6.45) is 7.35. The van der Waals surface area contributed by atoms with E-state index >= 15 is 0 Å². The summed E-state index contributed by atoms with van der Waals surface area (Å²) in [5.41, 5.74) is 8.87. The molecule has 0 saturated carbocycles. The normalized spacial score (nSPS) is 13.8. The van der Waals surface area contributed by atoms with Crippen molar-refractivity contribution in [1.29, 1.82) is 0 Å². The van der Waals surface area contributed by atoms with Crippen molar-refractivity contribution in [3.63, 3.8) is 0 Å². The highest BCUT2D eigenvalue weighted by Gasteiger charge is 2.38. The summed E-state index contributed by atoms with van der Waals surface area (Å²) in [7, 11) is 0. The number of nitrogens with two attached hydrogens (primary N) is 1. The predicted molar refractivity (Wildman–Crippen MR) is 102 cm³/mol. The van der Waals surface area contributed by atoms with Gasteiger partial charge in [0.25, 0.3) is 5.91 Å². The van der Waals surface area contributed by atoms with E-state index in [0.717, 1.165) is 23.1 Å². The molecule has 26 heavy (non-hydrogen) atoms. The third-order valence-electron chi connectivity index (χ3n) is 4.54. The highest BCUT2D eigenvalue weighted by Crippen LogP contribution is 2.36. The van der Waals surface area contributed by atoms with Crippen molar-refractivity contribution in [1.82, 2.24) is 5.32 Å². The molecule has 3 rings (SSSR count). The molecule has 1 amide bonds. The molecule has 0 radical (unpaired) electrons. The average molecular weight is 346 g/mol. The van der Waals surface area contributed by atoms with E-state index < -0.39 is 0 Å². The Balaban J connectivity index is 1.65. The summed E-state index contributed by atoms with van der Waals surface area (Å²) in [6, 6.07) is 15.5. The van der Waals surface area contributed by atoms with Gasteiger partial charge in [-0.25, -0.2) is 0 Å². The molecule has 1 heterocycles. The summed E-state index contributed by atoms with van der Waals surface area (Å²) in [5.74, 6) is 2.51. The van der Waals surface area contributed by atoms with Crippen LogP contribution in [-0.4, -0.2) is 18.1 Å². The number of carbonyl (C=O) groups is 1. The van der Waals surface area contributed by atoms with Crippen LogP contribution in [0.4, 0.5) is 0 Å². The van der Waals surface area contributed by atoms with Crippen LogP contribution in [0.15, 0.2) is 58.8 Å². The van der Waals surface area contributed by atoms with Gasteiger partial charge in [0.2, 0.25) is 0 Å². The summed E-state index contributed by atoms with van der Waals surface area (Å²) >= 11 is 0. The van der Waals surface area contributed by atoms with Gasteiger partial charge in [0.05, 0.1) is 0 Å². The second-order valence-corrected chi connectivity index (χ2v) is 6.34. The van der Waals surface area contributed by atoms with Gasteiger partial charge in [-0.3, -0.25) is 4.79 Å². The van der Waals surface area contributed by atoms with E-state index in [1.54, 1.807) is 0 Å². The van der Waals surface area contributed by atoms with E-state index in [1.165, 1.54) is 0 Å². The topological polar surface area (TPSA) is 79.8 Å². The van der Waals surface area contributed by atoms with Gasteiger partial charge in [-0.05, 0) is 22.8 Å². The molecular formula is C21H22N4O. The van der Waals surface area contributed by atoms with Gasteiger partial charge in [-0.1, -0.05) is 42.5 Å². The highest BCUT2D eigenvalue weighted by atomic mass is 16.1. The lowest BCUT2D eigenvalue weighted by Crippen LogP contribution is -2.28. The molecule has 1 aliphatic rings. The second kappa shape index (κ2) is 7.94. The first kappa shape index (κ1) is 17.8. The molecule has 0 aliphatic carbocycles. The number of rotatable bonds is 8. The van der Waals surface area contributed by atoms with Crippen molar-refractivity contribution in [2.75, 3.05) is 6.54 Å². The molecule has 3 N–H and O–H groups in total. The van der Waals surface area contributed by atoms with Crippen LogP contribution in [0.5, 0.6) is 0 Å². The minimum absolute atomic E-state index is 0.101. The van der Waals surface area contributed by atoms with Crippen LogP contribution in [0.3, 0.4) is 0 Å². The van der Waals surface area contributed by atoms with Gasteiger partial charge in [-0.2, -0.15) is 10.2 Å². The van der Waals surface area contributed by atoms with E-state index in [9.17, 15) is 4.79 Å². The fraction of sp³-hybridized carbons (Fsp3) is 0.286. The van der Waals surface area contributed by atoms with Gasteiger partial charge in [-0.15, -0.1) is 12.3 Å². The Morgan fingerprint density at radius 1 is 1.12 bits per heavy atom. The van der Waals surface area contributed by atoms with Crippen LogP contribution < -0.4 is 11.1 Å². The number of nitrogens with one attached hydrogen (secondary N) is 1. The number of hydrogen-bond acceptors (Lipinski definition) is 4. The van der Waals surface area contributed by atoms with Crippen molar-refractivity contribution in [3.05, 3.63) is 59.7 Å². The highest BCUT2D eigenvalue weighted by molar-refractivity contribution is 6.00. The first-order chi connectivity index (χ1) is 12.7. The van der Waals surface area contributed by atoms with E-state index in [0.29, 0.717) is 31.5 Å². The van der Waals surface area contributed by atoms with Crippen LogP contribution in [0.2, 0.25) is 0 Å². The standard InChI is InChI=1S/C21H22N4O/c1-2-3-12-21(24-25-21)13-14-23-20(26)19-7-5-4-6-18(19)17-10-8-16(15-22)9-11-17/h1,4-11H,3,12-15,22H2,(H,23,26). The fourth-order valence-corrected chi connectivity index (χ4v) is 2.89. The van der Waals surface area contributed by atoms with Crippen molar-refractivity contribution < 1.29 is 4.79 Å². The Morgan fingerprint density at radius 3 is 2.50 bits per heavy atom. The third-order valence-corrected chi connectivity index (χ3v) is 4.54. The molecule has 0 bridgehead atoms. The molecule has 5 nitrogen and oxygen atoms in total. The zero-order chi connectivity index (χ0) is 18.4. The molecule has 2 aromatic carbocycles. The first-order valence-corrected chi connectivity index (χ1v) is 8.71. The Morgan fingerprint density at radius 2 is 1.85 bits per heavy atom. The van der Waals surface area contributed by atoms with Crippen LogP contribution in [0, 0.1) is 12.3 Å². The van der Waals surface area contributed by atoms with E-state index in [4.69, 9.17) is 12.2 Å². The number of hydrogen-bond donors (Lipinski definition) is 2. The molecule has 0 fully saturated rings. The average Bonchev–Trinajstić information content (AvgIpc) is 3.46. The Hall–Kier alpha value is -2.97. The Kier molecular flexibility index (Phi) is 5.45. The van der Waals surface area contributed by atoms with Gasteiger partial charge in [0.1, 0.15) is 0 Å². The molecule has 1 aliphatic heterocycles. The molecule has 0 saturated heterocycles. The largest absolute Gasteiger partial charge is 0.352 e. The molecule has 132 valence electrons. The third kappa shape index (κ3) is 4.16. The minimum atomic E-state index is -0.378. The number of benzene rings is 2. The maximum Gasteiger partial charge on any atom is 0.251 e. The zero-order valence-corrected chi connectivity index (χ0v) is 14.6. The van der Waals surface area contributed by atoms with Crippen LogP contribution in [-0.2, 0) is 6.54 Å². The Bertz CT molecular complexity index is 843. The smallest absolute Gasteiger partial charge is 0.251 e. The number of terminal acetylenes is 1. The second-order valence-electron chi connectivity index (χ2n) is 6.34. The summed E-state index contributed by atoms with van der Waals surface area (Å²) in [4.78, 5) is 12.7. The van der Waals surface area contributed by atoms with Gasteiger partial charge in [0.15, 0.2) is 5.66 Å². The SMILES string of the molecule is C#CCCC1(CCNC(=O)c2ccccc2-c2ccc(CN)cc2)N=N1. The summed E-state index contributed by atoms with van der Waals surface area (Å²) < 4.78 is 0. The monoisotopic (exact) mass is 346 g/mol. The maximum atomic E-state index is 12.7. The van der Waals surface area contributed by atoms with E-state index in [2.05, 4.69) is 21.5 Å². The number of carbonyl (C=O) groups excluding carboxylic acids is 1.